The van der Waals surface area contributed by atoms with E-state index in [1.165, 1.54) is 6.07 Å². The number of allylic oxidation sites excluding steroid dienone is 1. The third-order valence-corrected chi connectivity index (χ3v) is 8.62. The number of nitrogens with one attached hydrogen (secondary N) is 1. The standard InChI is InChI=1S/C30H42F3N5O3/c1-20(21(2)37-13-8-22(9-14-37)24-6-4-5-7-25(24)30(31,32)33)28(35-19-34)29(39)38-15-10-23(11-16-38)36-26-12-17-41-18-27(26)40-3/h4-7,19,22-23,26-27,36H,2,8-18H2,1,3H3,(H2,34,35)/b28-20-. The summed E-state index contributed by atoms with van der Waals surface area (Å²) >= 11 is 0. The number of methoxy groups -OCH3 is 1. The summed E-state index contributed by atoms with van der Waals surface area (Å²) in [6.07, 6.45) is 0.389. The first-order valence-corrected chi connectivity index (χ1v) is 14.3. The summed E-state index contributed by atoms with van der Waals surface area (Å²) in [6, 6.07) is 6.33. The molecule has 2 atom stereocenters. The fraction of sp³-hybridized carbons (Fsp3) is 0.600. The number of rotatable bonds is 8. The van der Waals surface area contributed by atoms with Gasteiger partial charge < -0.3 is 30.3 Å². The van der Waals surface area contributed by atoms with Gasteiger partial charge in [0.1, 0.15) is 5.70 Å². The Bertz CT molecular complexity index is 1120. The van der Waals surface area contributed by atoms with Crippen LogP contribution >= 0.6 is 0 Å². The Labute approximate surface area is 240 Å². The van der Waals surface area contributed by atoms with Crippen LogP contribution in [0.2, 0.25) is 0 Å². The number of nitrogens with zero attached hydrogens (tertiary/aromatic N) is 3. The van der Waals surface area contributed by atoms with Gasteiger partial charge in [-0.2, -0.15) is 13.2 Å². The Morgan fingerprint density at radius 1 is 1.12 bits per heavy atom. The highest BCUT2D eigenvalue weighted by atomic mass is 19.4. The normalized spacial score (nSPS) is 24.0. The number of piperidine rings is 2. The molecule has 1 amide bonds. The van der Waals surface area contributed by atoms with E-state index in [1.54, 1.807) is 31.1 Å². The minimum absolute atomic E-state index is 0.0231. The van der Waals surface area contributed by atoms with Gasteiger partial charge in [0.05, 0.1) is 24.6 Å². The van der Waals surface area contributed by atoms with Crippen molar-refractivity contribution in [3.8, 4) is 0 Å². The van der Waals surface area contributed by atoms with E-state index in [-0.39, 0.29) is 35.7 Å². The molecule has 0 aromatic heterocycles. The maximum Gasteiger partial charge on any atom is 0.416 e. The van der Waals surface area contributed by atoms with Crippen molar-refractivity contribution in [2.24, 2.45) is 10.7 Å². The van der Waals surface area contributed by atoms with Gasteiger partial charge in [-0.3, -0.25) is 4.79 Å². The van der Waals surface area contributed by atoms with Crippen LogP contribution < -0.4 is 11.1 Å². The molecule has 3 aliphatic rings. The minimum Gasteiger partial charge on any atom is -0.390 e. The Morgan fingerprint density at radius 2 is 1.78 bits per heavy atom. The maximum absolute atomic E-state index is 13.6. The van der Waals surface area contributed by atoms with Gasteiger partial charge in [0.25, 0.3) is 5.91 Å². The fourth-order valence-corrected chi connectivity index (χ4v) is 6.17. The Hall–Kier alpha value is -2.89. The first-order chi connectivity index (χ1) is 19.6. The third kappa shape index (κ3) is 7.50. The van der Waals surface area contributed by atoms with Gasteiger partial charge in [-0.05, 0) is 56.6 Å². The fourth-order valence-electron chi connectivity index (χ4n) is 6.17. The lowest BCUT2D eigenvalue weighted by Gasteiger charge is -2.38. The highest BCUT2D eigenvalue weighted by Gasteiger charge is 2.36. The van der Waals surface area contributed by atoms with Crippen molar-refractivity contribution in [2.45, 2.75) is 69.3 Å². The molecule has 0 radical (unpaired) electrons. The van der Waals surface area contributed by atoms with Crippen molar-refractivity contribution in [3.63, 3.8) is 0 Å². The number of carbonyl (C=O) groups is 1. The summed E-state index contributed by atoms with van der Waals surface area (Å²) in [5.41, 5.74) is 6.92. The molecule has 3 N–H and O–H groups in total. The van der Waals surface area contributed by atoms with Crippen LogP contribution in [0, 0.1) is 0 Å². The number of hydrogen-bond donors (Lipinski definition) is 2. The molecule has 3 heterocycles. The number of halogens is 3. The molecule has 3 fully saturated rings. The summed E-state index contributed by atoms with van der Waals surface area (Å²) in [5.74, 6) is -0.391. The van der Waals surface area contributed by atoms with Crippen LogP contribution in [0.25, 0.3) is 0 Å². The van der Waals surface area contributed by atoms with Crippen molar-refractivity contribution < 1.29 is 27.4 Å². The molecular formula is C30H42F3N5O3. The third-order valence-electron chi connectivity index (χ3n) is 8.62. The van der Waals surface area contributed by atoms with E-state index in [2.05, 4.69) is 16.9 Å². The Morgan fingerprint density at radius 3 is 2.41 bits per heavy atom. The molecule has 3 saturated heterocycles. The summed E-state index contributed by atoms with van der Waals surface area (Å²) in [4.78, 5) is 21.6. The van der Waals surface area contributed by atoms with Gasteiger partial charge in [-0.1, -0.05) is 24.8 Å². The number of benzene rings is 1. The number of ether oxygens (including phenoxy) is 2. The number of alkyl halides is 3. The summed E-state index contributed by atoms with van der Waals surface area (Å²) in [5, 5.41) is 3.70. The maximum atomic E-state index is 13.6. The number of aliphatic imine (C=N–C) groups is 1. The minimum atomic E-state index is -4.38. The topological polar surface area (TPSA) is 92.4 Å². The first kappa shape index (κ1) is 31.1. The van der Waals surface area contributed by atoms with Gasteiger partial charge in [-0.15, -0.1) is 0 Å². The number of hydrogen-bond acceptors (Lipinski definition) is 6. The molecule has 1 aromatic rings. The van der Waals surface area contributed by atoms with Gasteiger partial charge in [0.2, 0.25) is 0 Å². The predicted octanol–water partition coefficient (Wildman–Crippen LogP) is 4.04. The predicted molar refractivity (Wildman–Crippen MR) is 152 cm³/mol. The van der Waals surface area contributed by atoms with E-state index in [0.29, 0.717) is 69.1 Å². The molecular weight excluding hydrogens is 535 g/mol. The van der Waals surface area contributed by atoms with Crippen molar-refractivity contribution in [3.05, 3.63) is 58.9 Å². The van der Waals surface area contributed by atoms with Crippen molar-refractivity contribution >= 4 is 12.2 Å². The van der Waals surface area contributed by atoms with E-state index in [4.69, 9.17) is 15.2 Å². The van der Waals surface area contributed by atoms with Gasteiger partial charge in [0.15, 0.2) is 0 Å². The highest BCUT2D eigenvalue weighted by Crippen LogP contribution is 2.39. The van der Waals surface area contributed by atoms with Gasteiger partial charge in [0, 0.05) is 63.2 Å². The van der Waals surface area contributed by atoms with E-state index in [1.807, 2.05) is 4.90 Å². The van der Waals surface area contributed by atoms with Crippen LogP contribution in [0.15, 0.2) is 52.8 Å². The molecule has 0 bridgehead atoms. The number of nitrogens with two attached hydrogens (primary N) is 1. The van der Waals surface area contributed by atoms with Crippen LogP contribution in [0.5, 0.6) is 0 Å². The van der Waals surface area contributed by atoms with Crippen molar-refractivity contribution in [1.29, 1.82) is 0 Å². The quantitative estimate of drug-likeness (QED) is 0.210. The number of likely N-dealkylation sites (tertiary alicyclic amines) is 2. The van der Waals surface area contributed by atoms with E-state index in [9.17, 15) is 18.0 Å². The molecule has 4 rings (SSSR count). The average molecular weight is 578 g/mol. The lowest BCUT2D eigenvalue weighted by Crippen LogP contribution is -2.54. The molecule has 8 nitrogen and oxygen atoms in total. The molecule has 11 heteroatoms. The van der Waals surface area contributed by atoms with E-state index < -0.39 is 11.7 Å². The second kappa shape index (κ2) is 13.8. The van der Waals surface area contributed by atoms with Gasteiger partial charge >= 0.3 is 6.18 Å². The lowest BCUT2D eigenvalue weighted by atomic mass is 9.86. The largest absolute Gasteiger partial charge is 0.416 e. The van der Waals surface area contributed by atoms with Crippen molar-refractivity contribution in [1.82, 2.24) is 15.1 Å². The zero-order valence-corrected chi connectivity index (χ0v) is 24.0. The molecule has 0 aliphatic carbocycles. The van der Waals surface area contributed by atoms with Crippen LogP contribution in [-0.2, 0) is 20.4 Å². The second-order valence-electron chi connectivity index (χ2n) is 11.0. The Kier molecular flexibility index (Phi) is 10.5. The second-order valence-corrected chi connectivity index (χ2v) is 11.0. The highest BCUT2D eigenvalue weighted by molar-refractivity contribution is 5.95. The molecule has 3 aliphatic heterocycles. The van der Waals surface area contributed by atoms with E-state index in [0.717, 1.165) is 31.7 Å². The SMILES string of the molecule is C=C(/C(C)=C(\N=CN)C(=O)N1CCC(NC2CCOCC2OC)CC1)N1CCC(c2ccccc2C(F)(F)F)CC1. The Balaban J connectivity index is 1.36. The summed E-state index contributed by atoms with van der Waals surface area (Å²) in [6.45, 7) is 9.57. The van der Waals surface area contributed by atoms with Crippen LogP contribution in [0.3, 0.4) is 0 Å². The smallest absolute Gasteiger partial charge is 0.390 e. The molecule has 0 saturated carbocycles. The molecule has 1 aromatic carbocycles. The number of carbonyl (C=O) groups excluding carboxylic acids is 1. The lowest BCUT2D eigenvalue weighted by molar-refractivity contribution is -0.138. The zero-order chi connectivity index (χ0) is 29.6. The average Bonchev–Trinajstić information content (AvgIpc) is 2.99. The van der Waals surface area contributed by atoms with Crippen molar-refractivity contribution in [2.75, 3.05) is 46.5 Å². The molecule has 41 heavy (non-hydrogen) atoms. The summed E-state index contributed by atoms with van der Waals surface area (Å²) < 4.78 is 51.8. The van der Waals surface area contributed by atoms with Crippen LogP contribution in [0.4, 0.5) is 13.2 Å². The van der Waals surface area contributed by atoms with E-state index >= 15 is 0 Å². The monoisotopic (exact) mass is 577 g/mol. The zero-order valence-electron chi connectivity index (χ0n) is 24.0. The molecule has 226 valence electrons. The van der Waals surface area contributed by atoms with Crippen LogP contribution in [-0.4, -0.2) is 86.7 Å². The molecule has 0 spiro atoms. The number of amides is 1. The van der Waals surface area contributed by atoms with Gasteiger partial charge in [-0.25, -0.2) is 4.99 Å². The first-order valence-electron chi connectivity index (χ1n) is 14.3. The summed E-state index contributed by atoms with van der Waals surface area (Å²) in [7, 11) is 1.70. The molecule has 2 unspecified atom stereocenters. The van der Waals surface area contributed by atoms with Crippen LogP contribution in [0.1, 0.15) is 56.1 Å².